The number of ether oxygens (including phenoxy) is 1. The van der Waals surface area contributed by atoms with Crippen molar-refractivity contribution >= 4 is 28.2 Å². The average Bonchev–Trinajstić information content (AvgIpc) is 3.14. The molecule has 3 aromatic rings. The summed E-state index contributed by atoms with van der Waals surface area (Å²) in [5, 5.41) is 3.46. The first-order valence-corrected chi connectivity index (χ1v) is 10.6. The van der Waals surface area contributed by atoms with Crippen molar-refractivity contribution in [3.05, 3.63) is 77.4 Å². The number of nitrogens with one attached hydrogen (secondary N) is 1. The van der Waals surface area contributed by atoms with Crippen LogP contribution >= 0.6 is 11.3 Å². The molecular formula is C24H25NO3S. The van der Waals surface area contributed by atoms with E-state index in [0.717, 1.165) is 23.3 Å². The zero-order chi connectivity index (χ0) is 20.6. The van der Waals surface area contributed by atoms with Crippen LogP contribution in [0.1, 0.15) is 41.3 Å². The fourth-order valence-electron chi connectivity index (χ4n) is 2.99. The van der Waals surface area contributed by atoms with Crippen molar-refractivity contribution in [3.63, 3.8) is 0 Å². The van der Waals surface area contributed by atoms with E-state index >= 15 is 0 Å². The minimum absolute atomic E-state index is 0.0934. The van der Waals surface area contributed by atoms with Crippen LogP contribution in [0.3, 0.4) is 0 Å². The fourth-order valence-corrected chi connectivity index (χ4v) is 4.05. The Morgan fingerprint density at radius 3 is 2.45 bits per heavy atom. The predicted molar refractivity (Wildman–Crippen MR) is 118 cm³/mol. The van der Waals surface area contributed by atoms with Gasteiger partial charge in [0.15, 0.2) is 0 Å². The second-order valence-electron chi connectivity index (χ2n) is 6.83. The van der Waals surface area contributed by atoms with E-state index in [4.69, 9.17) is 4.74 Å². The SMILES string of the molecule is CCOC(=O)c1cc(-c2ccccc2)sc1NC(=O)CCCc1ccc(C)cc1. The zero-order valence-electron chi connectivity index (χ0n) is 16.7. The zero-order valence-corrected chi connectivity index (χ0v) is 17.6. The quantitative estimate of drug-likeness (QED) is 0.476. The highest BCUT2D eigenvalue weighted by Gasteiger charge is 2.19. The summed E-state index contributed by atoms with van der Waals surface area (Å²) < 4.78 is 5.16. The molecule has 2 aromatic carbocycles. The number of rotatable bonds is 8. The summed E-state index contributed by atoms with van der Waals surface area (Å²) in [7, 11) is 0. The molecule has 0 aliphatic rings. The number of carbonyl (C=O) groups is 2. The summed E-state index contributed by atoms with van der Waals surface area (Å²) in [5.41, 5.74) is 3.86. The Morgan fingerprint density at radius 2 is 1.76 bits per heavy atom. The van der Waals surface area contributed by atoms with Gasteiger partial charge >= 0.3 is 5.97 Å². The monoisotopic (exact) mass is 407 g/mol. The summed E-state index contributed by atoms with van der Waals surface area (Å²) in [5.74, 6) is -0.509. The highest BCUT2D eigenvalue weighted by molar-refractivity contribution is 7.20. The molecule has 0 saturated carbocycles. The van der Waals surface area contributed by atoms with E-state index in [9.17, 15) is 9.59 Å². The molecule has 0 atom stereocenters. The van der Waals surface area contributed by atoms with Crippen molar-refractivity contribution in [2.75, 3.05) is 11.9 Å². The Labute approximate surface area is 175 Å². The van der Waals surface area contributed by atoms with Crippen molar-refractivity contribution in [2.24, 2.45) is 0 Å². The number of anilines is 1. The van der Waals surface area contributed by atoms with Crippen LogP contribution < -0.4 is 5.32 Å². The van der Waals surface area contributed by atoms with Crippen molar-refractivity contribution in [1.82, 2.24) is 0 Å². The second kappa shape index (κ2) is 10.0. The van der Waals surface area contributed by atoms with Crippen LogP contribution in [-0.2, 0) is 16.0 Å². The third kappa shape index (κ3) is 5.78. The molecule has 1 heterocycles. The van der Waals surface area contributed by atoms with Gasteiger partial charge in [-0.25, -0.2) is 4.79 Å². The predicted octanol–water partition coefficient (Wildman–Crippen LogP) is 5.86. The molecule has 1 N–H and O–H groups in total. The molecular weight excluding hydrogens is 382 g/mol. The molecule has 0 fully saturated rings. The van der Waals surface area contributed by atoms with Crippen LogP contribution in [0.15, 0.2) is 60.7 Å². The maximum atomic E-state index is 12.5. The molecule has 0 radical (unpaired) electrons. The lowest BCUT2D eigenvalue weighted by Gasteiger charge is -2.06. The molecule has 0 bridgehead atoms. The maximum Gasteiger partial charge on any atom is 0.341 e. The topological polar surface area (TPSA) is 55.4 Å². The average molecular weight is 408 g/mol. The molecule has 1 aromatic heterocycles. The number of amides is 1. The first-order chi connectivity index (χ1) is 14.1. The van der Waals surface area contributed by atoms with E-state index in [-0.39, 0.29) is 5.91 Å². The van der Waals surface area contributed by atoms with Crippen LogP contribution in [0.4, 0.5) is 5.00 Å². The van der Waals surface area contributed by atoms with Gasteiger partial charge in [0.25, 0.3) is 0 Å². The lowest BCUT2D eigenvalue weighted by Crippen LogP contribution is -2.14. The molecule has 1 amide bonds. The summed E-state index contributed by atoms with van der Waals surface area (Å²) in [6, 6.07) is 19.9. The molecule has 3 rings (SSSR count). The normalized spacial score (nSPS) is 10.6. The number of carbonyl (C=O) groups excluding carboxylic acids is 2. The van der Waals surface area contributed by atoms with E-state index < -0.39 is 5.97 Å². The van der Waals surface area contributed by atoms with Crippen molar-refractivity contribution < 1.29 is 14.3 Å². The van der Waals surface area contributed by atoms with E-state index in [1.165, 1.54) is 22.5 Å². The third-order valence-electron chi connectivity index (χ3n) is 4.53. The molecule has 150 valence electrons. The van der Waals surface area contributed by atoms with Crippen LogP contribution in [0.5, 0.6) is 0 Å². The second-order valence-corrected chi connectivity index (χ2v) is 7.88. The number of thiophene rings is 1. The van der Waals surface area contributed by atoms with Crippen molar-refractivity contribution in [3.8, 4) is 10.4 Å². The van der Waals surface area contributed by atoms with Gasteiger partial charge in [0.2, 0.25) is 5.91 Å². The molecule has 0 unspecified atom stereocenters. The van der Waals surface area contributed by atoms with E-state index in [1.54, 1.807) is 13.0 Å². The van der Waals surface area contributed by atoms with Gasteiger partial charge in [-0.15, -0.1) is 11.3 Å². The van der Waals surface area contributed by atoms with Crippen LogP contribution in [-0.4, -0.2) is 18.5 Å². The highest BCUT2D eigenvalue weighted by atomic mass is 32.1. The molecule has 0 aliphatic carbocycles. The van der Waals surface area contributed by atoms with Gasteiger partial charge in [-0.2, -0.15) is 0 Å². The first-order valence-electron chi connectivity index (χ1n) is 9.78. The highest BCUT2D eigenvalue weighted by Crippen LogP contribution is 2.36. The molecule has 29 heavy (non-hydrogen) atoms. The molecule has 4 nitrogen and oxygen atoms in total. The third-order valence-corrected chi connectivity index (χ3v) is 5.63. The molecule has 5 heteroatoms. The van der Waals surface area contributed by atoms with E-state index in [1.807, 2.05) is 30.3 Å². The van der Waals surface area contributed by atoms with Gasteiger partial charge in [-0.1, -0.05) is 60.2 Å². The minimum atomic E-state index is -0.416. The number of hydrogen-bond acceptors (Lipinski definition) is 4. The number of esters is 1. The Hall–Kier alpha value is -2.92. The van der Waals surface area contributed by atoms with Gasteiger partial charge in [0.1, 0.15) is 5.00 Å². The van der Waals surface area contributed by atoms with Crippen molar-refractivity contribution in [1.29, 1.82) is 0 Å². The Morgan fingerprint density at radius 1 is 1.03 bits per heavy atom. The van der Waals surface area contributed by atoms with Gasteiger partial charge in [0, 0.05) is 11.3 Å². The Balaban J connectivity index is 1.67. The smallest absolute Gasteiger partial charge is 0.341 e. The van der Waals surface area contributed by atoms with E-state index in [0.29, 0.717) is 23.6 Å². The first kappa shape index (κ1) is 20.8. The minimum Gasteiger partial charge on any atom is -0.462 e. The fraction of sp³-hybridized carbons (Fsp3) is 0.250. The van der Waals surface area contributed by atoms with E-state index in [2.05, 4.69) is 36.5 Å². The van der Waals surface area contributed by atoms with Gasteiger partial charge < -0.3 is 10.1 Å². The maximum absolute atomic E-state index is 12.5. The standard InChI is InChI=1S/C24H25NO3S/c1-3-28-24(27)20-16-21(19-9-5-4-6-10-19)29-23(20)25-22(26)11-7-8-18-14-12-17(2)13-15-18/h4-6,9-10,12-16H,3,7-8,11H2,1-2H3,(H,25,26). The van der Waals surface area contributed by atoms with Gasteiger partial charge in [0.05, 0.1) is 12.2 Å². The van der Waals surface area contributed by atoms with Crippen LogP contribution in [0, 0.1) is 6.92 Å². The number of hydrogen-bond donors (Lipinski definition) is 1. The summed E-state index contributed by atoms with van der Waals surface area (Å²) in [6.07, 6.45) is 1.99. The number of benzene rings is 2. The van der Waals surface area contributed by atoms with Crippen LogP contribution in [0.2, 0.25) is 0 Å². The van der Waals surface area contributed by atoms with Crippen LogP contribution in [0.25, 0.3) is 10.4 Å². The largest absolute Gasteiger partial charge is 0.462 e. The molecule has 0 saturated heterocycles. The number of aryl methyl sites for hydroxylation is 2. The Kier molecular flexibility index (Phi) is 7.19. The van der Waals surface area contributed by atoms with Crippen molar-refractivity contribution in [2.45, 2.75) is 33.1 Å². The lowest BCUT2D eigenvalue weighted by atomic mass is 10.1. The lowest BCUT2D eigenvalue weighted by molar-refractivity contribution is -0.116. The summed E-state index contributed by atoms with van der Waals surface area (Å²) >= 11 is 1.39. The summed E-state index contributed by atoms with van der Waals surface area (Å²) in [6.45, 7) is 4.12. The van der Waals surface area contributed by atoms with Gasteiger partial charge in [-0.05, 0) is 43.9 Å². The molecule has 0 aliphatic heterocycles. The molecule has 0 spiro atoms. The van der Waals surface area contributed by atoms with Gasteiger partial charge in [-0.3, -0.25) is 4.79 Å². The summed E-state index contributed by atoms with van der Waals surface area (Å²) in [4.78, 5) is 25.8. The Bertz CT molecular complexity index is 962.